The van der Waals surface area contributed by atoms with E-state index in [1.165, 1.54) is 0 Å². The van der Waals surface area contributed by atoms with E-state index in [0.717, 1.165) is 49.4 Å². The van der Waals surface area contributed by atoms with Crippen LogP contribution in [-0.2, 0) is 11.3 Å². The summed E-state index contributed by atoms with van der Waals surface area (Å²) >= 11 is 0. The molecule has 2 aromatic carbocycles. The van der Waals surface area contributed by atoms with Gasteiger partial charge in [0.15, 0.2) is 0 Å². The molecule has 1 unspecified atom stereocenters. The summed E-state index contributed by atoms with van der Waals surface area (Å²) in [6.07, 6.45) is 2.95. The Morgan fingerprint density at radius 2 is 1.93 bits per heavy atom. The fraction of sp³-hybridized carbons (Fsp3) is 0.435. The fourth-order valence-electron chi connectivity index (χ4n) is 4.45. The Morgan fingerprint density at radius 3 is 2.66 bits per heavy atom. The van der Waals surface area contributed by atoms with Gasteiger partial charge in [0.2, 0.25) is 5.91 Å². The molecule has 0 radical (unpaired) electrons. The van der Waals surface area contributed by atoms with Gasteiger partial charge in [-0.15, -0.1) is 0 Å². The summed E-state index contributed by atoms with van der Waals surface area (Å²) in [7, 11) is 3.24. The molecule has 1 spiro atoms. The maximum atomic E-state index is 12.8. The number of piperidine rings is 1. The lowest BCUT2D eigenvalue weighted by Crippen LogP contribution is -2.35. The molecule has 1 aliphatic heterocycles. The van der Waals surface area contributed by atoms with E-state index >= 15 is 0 Å². The maximum absolute atomic E-state index is 12.8. The van der Waals surface area contributed by atoms with Gasteiger partial charge in [0.25, 0.3) is 0 Å². The molecule has 0 bridgehead atoms. The highest BCUT2D eigenvalue weighted by molar-refractivity contribution is 5.96. The van der Waals surface area contributed by atoms with Gasteiger partial charge in [-0.2, -0.15) is 0 Å². The van der Waals surface area contributed by atoms with Crippen LogP contribution in [0.15, 0.2) is 42.5 Å². The molecule has 1 saturated carbocycles. The van der Waals surface area contributed by atoms with Crippen LogP contribution in [-0.4, -0.2) is 43.2 Å². The van der Waals surface area contributed by atoms with E-state index in [-0.39, 0.29) is 17.2 Å². The molecule has 29 heavy (non-hydrogen) atoms. The standard InChI is InChI=1S/C23H28N2O4/c1-28-17-7-8-20(26)16(13-17)15-25-11-9-23(10-12-25)14-18(23)22(27)24-19-5-3-4-6-21(19)29-2/h3-8,13,18,26H,9-12,14-15H2,1-2H3,(H,24,27). The van der Waals surface area contributed by atoms with Crippen molar-refractivity contribution in [1.29, 1.82) is 0 Å². The van der Waals surface area contributed by atoms with Crippen LogP contribution in [0.4, 0.5) is 5.69 Å². The SMILES string of the molecule is COc1ccc(O)c(CN2CCC3(CC2)CC3C(=O)Nc2ccccc2OC)c1. The predicted octanol–water partition coefficient (Wildman–Crippen LogP) is 3.65. The molecule has 1 aliphatic carbocycles. The van der Waals surface area contributed by atoms with Crippen LogP contribution in [0.25, 0.3) is 0 Å². The van der Waals surface area contributed by atoms with E-state index in [9.17, 15) is 9.90 Å². The lowest BCUT2D eigenvalue weighted by atomic mass is 9.90. The average Bonchev–Trinajstić information content (AvgIpc) is 3.45. The van der Waals surface area contributed by atoms with E-state index in [2.05, 4.69) is 10.2 Å². The van der Waals surface area contributed by atoms with Gasteiger partial charge in [-0.1, -0.05) is 12.1 Å². The molecule has 1 saturated heterocycles. The van der Waals surface area contributed by atoms with Crippen LogP contribution in [0.2, 0.25) is 0 Å². The zero-order chi connectivity index (χ0) is 20.4. The Labute approximate surface area is 171 Å². The number of phenols is 1. The monoisotopic (exact) mass is 396 g/mol. The lowest BCUT2D eigenvalue weighted by Gasteiger charge is -2.33. The largest absolute Gasteiger partial charge is 0.508 e. The Kier molecular flexibility index (Phi) is 5.37. The molecule has 1 atom stereocenters. The van der Waals surface area contributed by atoms with E-state index in [4.69, 9.17) is 9.47 Å². The van der Waals surface area contributed by atoms with E-state index in [1.54, 1.807) is 26.4 Å². The van der Waals surface area contributed by atoms with Gasteiger partial charge in [0.05, 0.1) is 19.9 Å². The number of carbonyl (C=O) groups excluding carboxylic acids is 1. The Balaban J connectivity index is 1.33. The second-order valence-electron chi connectivity index (χ2n) is 8.08. The second-order valence-corrected chi connectivity index (χ2v) is 8.08. The highest BCUT2D eigenvalue weighted by Crippen LogP contribution is 2.59. The highest BCUT2D eigenvalue weighted by Gasteiger charge is 2.58. The fourth-order valence-corrected chi connectivity index (χ4v) is 4.45. The van der Waals surface area contributed by atoms with Gasteiger partial charge < -0.3 is 19.9 Å². The van der Waals surface area contributed by atoms with Crippen molar-refractivity contribution < 1.29 is 19.4 Å². The molecule has 6 heteroatoms. The first kappa shape index (κ1) is 19.6. The molecule has 2 N–H and O–H groups in total. The third-order valence-electron chi connectivity index (χ3n) is 6.40. The van der Waals surface area contributed by atoms with Crippen molar-refractivity contribution in [3.05, 3.63) is 48.0 Å². The zero-order valence-electron chi connectivity index (χ0n) is 17.0. The van der Waals surface area contributed by atoms with Crippen molar-refractivity contribution in [3.63, 3.8) is 0 Å². The number of nitrogens with one attached hydrogen (secondary N) is 1. The highest BCUT2D eigenvalue weighted by atomic mass is 16.5. The molecular weight excluding hydrogens is 368 g/mol. The van der Waals surface area contributed by atoms with Crippen molar-refractivity contribution in [1.82, 2.24) is 4.90 Å². The van der Waals surface area contributed by atoms with Crippen LogP contribution in [0, 0.1) is 11.3 Å². The molecule has 0 aromatic heterocycles. The van der Waals surface area contributed by atoms with Crippen LogP contribution in [0.5, 0.6) is 17.2 Å². The molecule has 2 fully saturated rings. The number of likely N-dealkylation sites (tertiary alicyclic amines) is 1. The van der Waals surface area contributed by atoms with E-state index < -0.39 is 0 Å². The molecule has 2 aliphatic rings. The number of benzene rings is 2. The summed E-state index contributed by atoms with van der Waals surface area (Å²) in [5.74, 6) is 1.89. The summed E-state index contributed by atoms with van der Waals surface area (Å²) in [5, 5.41) is 13.2. The van der Waals surface area contributed by atoms with Gasteiger partial charge >= 0.3 is 0 Å². The molecule has 154 valence electrons. The number of ether oxygens (including phenoxy) is 2. The van der Waals surface area contributed by atoms with Crippen molar-refractivity contribution in [2.24, 2.45) is 11.3 Å². The summed E-state index contributed by atoms with van der Waals surface area (Å²) in [6.45, 7) is 2.54. The smallest absolute Gasteiger partial charge is 0.228 e. The first-order valence-corrected chi connectivity index (χ1v) is 10.1. The van der Waals surface area contributed by atoms with Gasteiger partial charge in [0.1, 0.15) is 17.2 Å². The quantitative estimate of drug-likeness (QED) is 0.780. The van der Waals surface area contributed by atoms with Crippen molar-refractivity contribution in [2.75, 3.05) is 32.6 Å². The minimum Gasteiger partial charge on any atom is -0.508 e. The van der Waals surface area contributed by atoms with Crippen molar-refractivity contribution in [3.8, 4) is 17.2 Å². The number of hydrogen-bond acceptors (Lipinski definition) is 5. The molecule has 2 aromatic rings. The van der Waals surface area contributed by atoms with Gasteiger partial charge in [-0.25, -0.2) is 0 Å². The summed E-state index contributed by atoms with van der Waals surface area (Å²) in [4.78, 5) is 15.1. The summed E-state index contributed by atoms with van der Waals surface area (Å²) in [5.41, 5.74) is 1.73. The average molecular weight is 396 g/mol. The zero-order valence-corrected chi connectivity index (χ0v) is 17.0. The minimum atomic E-state index is 0.0692. The number of anilines is 1. The third-order valence-corrected chi connectivity index (χ3v) is 6.40. The van der Waals surface area contributed by atoms with Crippen molar-refractivity contribution >= 4 is 11.6 Å². The van der Waals surface area contributed by atoms with Crippen molar-refractivity contribution in [2.45, 2.75) is 25.8 Å². The first-order valence-electron chi connectivity index (χ1n) is 10.1. The predicted molar refractivity (Wildman–Crippen MR) is 111 cm³/mol. The Bertz CT molecular complexity index is 890. The number of nitrogens with zero attached hydrogens (tertiary/aromatic N) is 1. The van der Waals surface area contributed by atoms with E-state index in [1.807, 2.05) is 30.3 Å². The molecule has 1 heterocycles. The van der Waals surface area contributed by atoms with Crippen LogP contribution >= 0.6 is 0 Å². The summed E-state index contributed by atoms with van der Waals surface area (Å²) < 4.78 is 10.6. The number of rotatable bonds is 6. The number of para-hydroxylation sites is 2. The molecular formula is C23H28N2O4. The molecule has 1 amide bonds. The lowest BCUT2D eigenvalue weighted by molar-refractivity contribution is -0.118. The number of amides is 1. The van der Waals surface area contributed by atoms with Crippen LogP contribution < -0.4 is 14.8 Å². The van der Waals surface area contributed by atoms with E-state index in [0.29, 0.717) is 18.0 Å². The second kappa shape index (κ2) is 7.95. The topological polar surface area (TPSA) is 71.0 Å². The summed E-state index contributed by atoms with van der Waals surface area (Å²) in [6, 6.07) is 12.8. The first-order chi connectivity index (χ1) is 14.0. The van der Waals surface area contributed by atoms with Crippen LogP contribution in [0.3, 0.4) is 0 Å². The van der Waals surface area contributed by atoms with Crippen LogP contribution in [0.1, 0.15) is 24.8 Å². The number of carbonyl (C=O) groups is 1. The van der Waals surface area contributed by atoms with Gasteiger partial charge in [-0.05, 0) is 68.1 Å². The molecule has 6 nitrogen and oxygen atoms in total. The maximum Gasteiger partial charge on any atom is 0.228 e. The van der Waals surface area contributed by atoms with Gasteiger partial charge in [-0.3, -0.25) is 9.69 Å². The number of aromatic hydroxyl groups is 1. The number of methoxy groups -OCH3 is 2. The molecule has 4 rings (SSSR count). The third kappa shape index (κ3) is 4.03. The minimum absolute atomic E-state index is 0.0692. The Hall–Kier alpha value is -2.73. The van der Waals surface area contributed by atoms with Gasteiger partial charge in [0, 0.05) is 18.0 Å². The number of hydrogen-bond donors (Lipinski definition) is 2. The normalized spacial score (nSPS) is 20.3. The Morgan fingerprint density at radius 1 is 1.17 bits per heavy atom. The number of phenolic OH excluding ortho intramolecular Hbond substituents is 1.